The van der Waals surface area contributed by atoms with Crippen LogP contribution in [-0.2, 0) is 23.4 Å². The van der Waals surface area contributed by atoms with Crippen LogP contribution in [0.2, 0.25) is 0 Å². The molecule has 35 heavy (non-hydrogen) atoms. The second-order valence-electron chi connectivity index (χ2n) is 7.75. The number of rotatable bonds is 10. The van der Waals surface area contributed by atoms with E-state index in [-0.39, 0.29) is 12.2 Å². The van der Waals surface area contributed by atoms with E-state index in [4.69, 9.17) is 13.8 Å². The van der Waals surface area contributed by atoms with Crippen molar-refractivity contribution in [3.63, 3.8) is 0 Å². The number of esters is 1. The Hall–Kier alpha value is -3.12. The number of ether oxygens (including phenoxy) is 2. The van der Waals surface area contributed by atoms with Gasteiger partial charge in [-0.05, 0) is 19.1 Å². The Kier molecular flexibility index (Phi) is 7.60. The number of methoxy groups -OCH3 is 1. The molecule has 0 spiro atoms. The summed E-state index contributed by atoms with van der Waals surface area (Å²) in [7, 11) is -1.20. The van der Waals surface area contributed by atoms with Gasteiger partial charge in [0.25, 0.3) is 0 Å². The summed E-state index contributed by atoms with van der Waals surface area (Å²) in [5, 5.41) is 5.46. The maximum Gasteiger partial charge on any atom is 0.459 e. The van der Waals surface area contributed by atoms with Crippen molar-refractivity contribution < 1.29 is 32.3 Å². The lowest BCUT2D eigenvalue weighted by atomic mass is 10.2. The lowest BCUT2D eigenvalue weighted by Gasteiger charge is -2.24. The molecule has 5 atom stereocenters. The maximum absolute atomic E-state index is 14.9. The van der Waals surface area contributed by atoms with Gasteiger partial charge in [-0.15, -0.1) is 0 Å². The third-order valence-corrected chi connectivity index (χ3v) is 7.00. The molecule has 0 bridgehead atoms. The second kappa shape index (κ2) is 10.6. The molecule has 3 aromatic rings. The van der Waals surface area contributed by atoms with E-state index >= 15 is 0 Å². The first-order valence-electron chi connectivity index (χ1n) is 10.8. The molecule has 14 heteroatoms. The molecule has 1 aliphatic heterocycles. The number of anilines is 1. The molecule has 188 valence electrons. The number of alkyl halides is 1. The van der Waals surface area contributed by atoms with Crippen LogP contribution in [0.5, 0.6) is 5.75 Å². The van der Waals surface area contributed by atoms with E-state index < -0.39 is 44.9 Å². The average Bonchev–Trinajstić information content (AvgIpc) is 3.45. The number of carbonyl (C=O) groups is 1. The molecule has 2 unspecified atom stereocenters. The largest absolute Gasteiger partial charge is 0.468 e. The van der Waals surface area contributed by atoms with Gasteiger partial charge in [-0.25, -0.2) is 23.9 Å². The van der Waals surface area contributed by atoms with Crippen molar-refractivity contribution in [3.8, 4) is 5.75 Å². The third kappa shape index (κ3) is 5.59. The van der Waals surface area contributed by atoms with Crippen molar-refractivity contribution in [1.29, 1.82) is 0 Å². The third-order valence-electron chi connectivity index (χ3n) is 5.35. The van der Waals surface area contributed by atoms with Gasteiger partial charge in [0.2, 0.25) is 0 Å². The highest BCUT2D eigenvalue weighted by molar-refractivity contribution is 7.52. The number of para-hydroxylation sites is 1. The predicted molar refractivity (Wildman–Crippen MR) is 124 cm³/mol. The number of hydrogen-bond donors (Lipinski definition) is 2. The highest BCUT2D eigenvalue weighted by Gasteiger charge is 2.40. The van der Waals surface area contributed by atoms with Gasteiger partial charge in [0, 0.05) is 13.5 Å². The first-order chi connectivity index (χ1) is 16.8. The monoisotopic (exact) mass is 508 g/mol. The van der Waals surface area contributed by atoms with Crippen LogP contribution in [0.1, 0.15) is 19.6 Å². The van der Waals surface area contributed by atoms with E-state index in [9.17, 15) is 13.8 Å². The fraction of sp³-hybridized carbons (Fsp3) is 0.429. The topological polar surface area (TPSA) is 139 Å². The summed E-state index contributed by atoms with van der Waals surface area (Å²) in [6.45, 7) is 1.05. The first kappa shape index (κ1) is 25.0. The summed E-state index contributed by atoms with van der Waals surface area (Å²) in [5.41, 5.74) is 1.00. The summed E-state index contributed by atoms with van der Waals surface area (Å²) in [4.78, 5) is 24.5. The number of benzene rings is 1. The molecule has 12 nitrogen and oxygen atoms in total. The van der Waals surface area contributed by atoms with Gasteiger partial charge in [0.05, 0.1) is 20.0 Å². The number of imidazole rings is 1. The van der Waals surface area contributed by atoms with Crippen LogP contribution in [0.15, 0.2) is 43.0 Å². The van der Waals surface area contributed by atoms with Crippen LogP contribution >= 0.6 is 7.75 Å². The second-order valence-corrected chi connectivity index (χ2v) is 9.44. The Morgan fingerprint density at radius 1 is 1.31 bits per heavy atom. The van der Waals surface area contributed by atoms with Gasteiger partial charge >= 0.3 is 13.7 Å². The molecule has 2 N–H and O–H groups in total. The van der Waals surface area contributed by atoms with Crippen molar-refractivity contribution in [1.82, 2.24) is 24.6 Å². The molecule has 1 fully saturated rings. The van der Waals surface area contributed by atoms with Gasteiger partial charge < -0.3 is 19.3 Å². The van der Waals surface area contributed by atoms with E-state index in [0.717, 1.165) is 0 Å². The number of fused-ring (bicyclic) bond motifs is 1. The Bertz CT molecular complexity index is 1210. The number of nitrogens with one attached hydrogen (secondary N) is 2. The smallest absolute Gasteiger partial charge is 0.459 e. The zero-order valence-corrected chi connectivity index (χ0v) is 20.2. The molecule has 0 aliphatic carbocycles. The van der Waals surface area contributed by atoms with Crippen molar-refractivity contribution in [2.45, 2.75) is 37.9 Å². The molecule has 1 aliphatic rings. The Morgan fingerprint density at radius 2 is 2.09 bits per heavy atom. The van der Waals surface area contributed by atoms with Gasteiger partial charge in [-0.2, -0.15) is 5.09 Å². The van der Waals surface area contributed by atoms with Crippen LogP contribution in [0.25, 0.3) is 11.2 Å². The van der Waals surface area contributed by atoms with Crippen LogP contribution < -0.4 is 14.9 Å². The van der Waals surface area contributed by atoms with E-state index in [1.165, 1.54) is 26.7 Å². The quantitative estimate of drug-likeness (QED) is 0.309. The number of aromatic nitrogens is 4. The highest BCUT2D eigenvalue weighted by atomic mass is 31.2. The lowest BCUT2D eigenvalue weighted by molar-refractivity contribution is -0.142. The SMILES string of the molecule is CNc1ncnc2c1ncn2[C@H]1CC(F)[C@@H](COP(=O)(N[C@@H](C)C(=O)OC)Oc2ccccc2)O1. The summed E-state index contributed by atoms with van der Waals surface area (Å²) in [5.74, 6) is 0.112. The van der Waals surface area contributed by atoms with Gasteiger partial charge in [-0.3, -0.25) is 13.9 Å². The van der Waals surface area contributed by atoms with Crippen molar-refractivity contribution in [2.75, 3.05) is 26.1 Å². The minimum atomic E-state index is -4.12. The van der Waals surface area contributed by atoms with Crippen molar-refractivity contribution in [3.05, 3.63) is 43.0 Å². The average molecular weight is 508 g/mol. The number of carbonyl (C=O) groups excluding carboxylic acids is 1. The molecular weight excluding hydrogens is 482 g/mol. The minimum absolute atomic E-state index is 0.00815. The van der Waals surface area contributed by atoms with Gasteiger partial charge in [0.15, 0.2) is 11.5 Å². The maximum atomic E-state index is 14.9. The predicted octanol–water partition coefficient (Wildman–Crippen LogP) is 2.85. The number of nitrogens with zero attached hydrogens (tertiary/aromatic N) is 4. The molecule has 2 aromatic heterocycles. The molecular formula is C21H26FN6O6P. The van der Waals surface area contributed by atoms with E-state index in [1.54, 1.807) is 41.9 Å². The molecule has 1 aromatic carbocycles. The first-order valence-corrected chi connectivity index (χ1v) is 12.4. The fourth-order valence-electron chi connectivity index (χ4n) is 3.60. The summed E-state index contributed by atoms with van der Waals surface area (Å²) in [6.07, 6.45) is -0.296. The van der Waals surface area contributed by atoms with Crippen LogP contribution in [0, 0.1) is 0 Å². The zero-order valence-electron chi connectivity index (χ0n) is 19.3. The highest BCUT2D eigenvalue weighted by Crippen LogP contribution is 2.46. The standard InChI is InChI=1S/C21H26FN6O6P/c1-13(21(29)31-3)27-35(30,34-14-7-5-4-6-8-14)32-10-16-15(22)9-17(33-16)28-12-26-18-19(23-2)24-11-25-20(18)28/h4-8,11-13,15-17H,9-10H2,1-3H3,(H,27,30)(H,23,24,25)/t13-,15?,16+,17+,35?/m0/s1. The van der Waals surface area contributed by atoms with Crippen LogP contribution in [-0.4, -0.2) is 64.6 Å². The summed E-state index contributed by atoms with van der Waals surface area (Å²) in [6, 6.07) is 7.27. The zero-order chi connectivity index (χ0) is 25.0. The van der Waals surface area contributed by atoms with Gasteiger partial charge in [-0.1, -0.05) is 18.2 Å². The number of hydrogen-bond acceptors (Lipinski definition) is 10. The van der Waals surface area contributed by atoms with Crippen molar-refractivity contribution >= 4 is 30.7 Å². The molecule has 0 radical (unpaired) electrons. The lowest BCUT2D eigenvalue weighted by Crippen LogP contribution is -2.35. The number of halogens is 1. The van der Waals surface area contributed by atoms with Gasteiger partial charge in [0.1, 0.15) is 42.1 Å². The molecule has 3 heterocycles. The fourth-order valence-corrected chi connectivity index (χ4v) is 5.11. The Balaban J connectivity index is 1.48. The van der Waals surface area contributed by atoms with Crippen LogP contribution in [0.3, 0.4) is 0 Å². The minimum Gasteiger partial charge on any atom is -0.468 e. The molecule has 0 saturated carbocycles. The Labute approximate surface area is 200 Å². The summed E-state index contributed by atoms with van der Waals surface area (Å²) >= 11 is 0. The van der Waals surface area contributed by atoms with E-state index in [0.29, 0.717) is 17.0 Å². The Morgan fingerprint density at radius 3 is 2.80 bits per heavy atom. The van der Waals surface area contributed by atoms with Crippen LogP contribution in [0.4, 0.5) is 10.2 Å². The normalized spacial score (nSPS) is 22.5. The summed E-state index contributed by atoms with van der Waals surface area (Å²) < 4.78 is 51.6. The molecule has 0 amide bonds. The molecule has 1 saturated heterocycles. The van der Waals surface area contributed by atoms with E-state index in [1.807, 2.05) is 0 Å². The van der Waals surface area contributed by atoms with E-state index in [2.05, 4.69) is 30.1 Å². The van der Waals surface area contributed by atoms with Crippen molar-refractivity contribution in [2.24, 2.45) is 0 Å². The molecule has 4 rings (SSSR count).